The number of pyridine rings is 2. The van der Waals surface area contributed by atoms with Crippen molar-refractivity contribution < 1.29 is 10.0 Å². The van der Waals surface area contributed by atoms with Crippen LogP contribution in [0.5, 0.6) is 0 Å². The van der Waals surface area contributed by atoms with Gasteiger partial charge in [0.25, 0.3) is 0 Å². The fourth-order valence-corrected chi connectivity index (χ4v) is 8.18. The zero-order valence-corrected chi connectivity index (χ0v) is 39.4. The molecule has 0 spiro atoms. The molecule has 30 heteroatoms. The number of anilines is 3. The average molecular weight is 1060 g/mol. The van der Waals surface area contributed by atoms with Crippen molar-refractivity contribution >= 4 is 124 Å². The van der Waals surface area contributed by atoms with Gasteiger partial charge in [-0.15, -0.1) is 20.4 Å². The molecule has 0 aliphatic carbocycles. The topological polar surface area (TPSA) is 287 Å². The molecule has 12 rings (SSSR count). The van der Waals surface area contributed by atoms with Crippen LogP contribution in [0.1, 0.15) is 0 Å². The number of fused-ring (bicyclic) bond motifs is 6. The van der Waals surface area contributed by atoms with Crippen LogP contribution in [0.4, 0.5) is 17.5 Å². The van der Waals surface area contributed by atoms with Crippen LogP contribution in [-0.4, -0.2) is 117 Å². The van der Waals surface area contributed by atoms with Gasteiger partial charge in [0, 0.05) is 18.6 Å². The Bertz CT molecular complexity index is 3680. The van der Waals surface area contributed by atoms with Gasteiger partial charge in [-0.25, -0.2) is 33.6 Å². The molecule has 0 radical (unpaired) electrons. The Morgan fingerprint density at radius 3 is 1.72 bits per heavy atom. The summed E-state index contributed by atoms with van der Waals surface area (Å²) in [7, 11) is -1.28. The Hall–Kier alpha value is -7.25. The maximum absolute atomic E-state index is 9.35. The first-order chi connectivity index (χ1) is 32.5. The second-order valence-electron chi connectivity index (χ2n) is 13.8. The van der Waals surface area contributed by atoms with Gasteiger partial charge < -0.3 is 26.2 Å². The maximum Gasteiger partial charge on any atom is 0.408 e. The summed E-state index contributed by atoms with van der Waals surface area (Å²) in [5.41, 5.74) is 10.2. The number of H-pyrrole nitrogens is 1. The van der Waals surface area contributed by atoms with Gasteiger partial charge in [0.1, 0.15) is 31.2 Å². The van der Waals surface area contributed by atoms with Gasteiger partial charge in [-0.05, 0) is 145 Å². The number of nitrogen functional groups attached to an aromatic ring is 1. The van der Waals surface area contributed by atoms with E-state index in [0.29, 0.717) is 27.9 Å². The van der Waals surface area contributed by atoms with Crippen LogP contribution in [0.2, 0.25) is 13.6 Å². The third-order valence-corrected chi connectivity index (χ3v) is 11.4. The molecule has 0 unspecified atom stereocenters. The van der Waals surface area contributed by atoms with E-state index in [0.717, 1.165) is 52.3 Å². The van der Waals surface area contributed by atoms with Gasteiger partial charge in [0.05, 0.1) is 18.6 Å². The largest absolute Gasteiger partial charge is 0.433 e. The first kappa shape index (κ1) is 44.9. The van der Waals surface area contributed by atoms with Crippen molar-refractivity contribution in [3.8, 4) is 0 Å². The fourth-order valence-electron chi connectivity index (χ4n) is 6.00. The van der Waals surface area contributed by atoms with Gasteiger partial charge in [-0.1, -0.05) is 12.1 Å². The fraction of sp³-hybridized carbons (Fsp3) is 0.0541. The Balaban J connectivity index is 0.000000117. The highest BCUT2D eigenvalue weighted by Gasteiger charge is 2.13. The molecule has 0 aromatic carbocycles. The molecule has 12 aromatic rings. The highest BCUT2D eigenvalue weighted by molar-refractivity contribution is 14.1. The number of nitrogens with one attached hydrogen (secondary N) is 3. The first-order valence-corrected chi connectivity index (χ1v) is 22.9. The normalized spacial score (nSPS) is 11.0. The van der Waals surface area contributed by atoms with Crippen molar-refractivity contribution in [2.24, 2.45) is 0 Å². The minimum atomic E-state index is -0.670. The van der Waals surface area contributed by atoms with Crippen LogP contribution in [-0.2, 0) is 0 Å². The minimum Gasteiger partial charge on any atom is -0.433 e. The first-order valence-electron chi connectivity index (χ1n) is 19.7. The van der Waals surface area contributed by atoms with Gasteiger partial charge in [0.15, 0.2) is 33.9 Å². The summed E-state index contributed by atoms with van der Waals surface area (Å²) < 4.78 is 11.8. The highest BCUT2D eigenvalue weighted by Crippen LogP contribution is 2.26. The number of aromatic nitrogens is 19. The number of aromatic amines is 1. The van der Waals surface area contributed by atoms with E-state index in [1.54, 1.807) is 56.5 Å². The van der Waals surface area contributed by atoms with Crippen molar-refractivity contribution in [1.29, 1.82) is 0 Å². The lowest BCUT2D eigenvalue weighted by atomic mass is 9.89. The minimum absolute atomic E-state index is 0.451. The van der Waals surface area contributed by atoms with Crippen LogP contribution >= 0.6 is 58.3 Å². The van der Waals surface area contributed by atoms with E-state index in [9.17, 15) is 5.02 Å². The summed E-state index contributed by atoms with van der Waals surface area (Å²) in [5.74, 6) is 1.64. The lowest BCUT2D eigenvalue weighted by Crippen LogP contribution is -2.19. The van der Waals surface area contributed by atoms with Crippen molar-refractivity contribution in [3.63, 3.8) is 0 Å². The summed E-state index contributed by atoms with van der Waals surface area (Å²) in [4.78, 5) is 12.7. The van der Waals surface area contributed by atoms with E-state index in [1.165, 1.54) is 23.5 Å². The second-order valence-corrected chi connectivity index (χ2v) is 17.3. The maximum atomic E-state index is 9.35. The summed E-state index contributed by atoms with van der Waals surface area (Å²) in [5, 5.41) is 67.4. The zero-order chi connectivity index (χ0) is 46.4. The number of halogens is 1. The third-order valence-electron chi connectivity index (χ3n) is 8.76. The molecule has 0 atom stereocenters. The molecular formula is C37H33B2IN22O2S3. The van der Waals surface area contributed by atoms with Crippen LogP contribution < -0.4 is 16.2 Å². The monoisotopic (exact) mass is 1060 g/mol. The number of rotatable bonds is 8. The van der Waals surface area contributed by atoms with E-state index in [4.69, 9.17) is 23.0 Å². The molecule has 334 valence electrons. The predicted octanol–water partition coefficient (Wildman–Crippen LogP) is 4.59. The Morgan fingerprint density at radius 2 is 1.15 bits per heavy atom. The van der Waals surface area contributed by atoms with Crippen LogP contribution in [0, 0.1) is 8.47 Å². The SMILES string of the molecule is CB(O)Nc1cn2nc(I)ccc2n1.CB(O)Nc1cn2nc(Sc3nnc4ccccn34)ccc2n1.Nc1cn2nc(Sc3nnc4ccccn34)ccc2n1.S=c1[nH]nc2cccnn12. The zero-order valence-electron chi connectivity index (χ0n) is 34.8. The number of nitrogens with zero attached hydrogens (tertiary/aromatic N) is 18. The third kappa shape index (κ3) is 10.9. The van der Waals surface area contributed by atoms with E-state index in [1.807, 2.05) is 106 Å². The van der Waals surface area contributed by atoms with Crippen LogP contribution in [0.3, 0.4) is 0 Å². The molecule has 0 amide bonds. The molecule has 0 saturated carbocycles. The summed E-state index contributed by atoms with van der Waals surface area (Å²) >= 11 is 9.86. The van der Waals surface area contributed by atoms with Crippen LogP contribution in [0.15, 0.2) is 142 Å². The van der Waals surface area contributed by atoms with Crippen molar-refractivity contribution in [1.82, 2.24) is 92.8 Å². The Morgan fingerprint density at radius 1 is 0.627 bits per heavy atom. The quantitative estimate of drug-likeness (QED) is 0.0689. The number of imidazole rings is 3. The second kappa shape index (κ2) is 20.1. The predicted molar refractivity (Wildman–Crippen MR) is 263 cm³/mol. The lowest BCUT2D eigenvalue weighted by molar-refractivity contribution is 0.586. The molecular weight excluding hydrogens is 1030 g/mol. The van der Waals surface area contributed by atoms with E-state index >= 15 is 0 Å². The van der Waals surface area contributed by atoms with Crippen molar-refractivity contribution in [3.05, 3.63) is 131 Å². The molecule has 0 aliphatic rings. The Labute approximate surface area is 404 Å². The van der Waals surface area contributed by atoms with Crippen LogP contribution in [0.25, 0.3) is 33.9 Å². The average Bonchev–Trinajstić information content (AvgIpc) is 4.19. The summed E-state index contributed by atoms with van der Waals surface area (Å²) in [6, 6.07) is 26.4. The smallest absolute Gasteiger partial charge is 0.408 e. The van der Waals surface area contributed by atoms with E-state index in [-0.39, 0.29) is 0 Å². The molecule has 7 N–H and O–H groups in total. The molecule has 0 fully saturated rings. The van der Waals surface area contributed by atoms with Gasteiger partial charge in [-0.3, -0.25) is 8.80 Å². The molecule has 0 aliphatic heterocycles. The lowest BCUT2D eigenvalue weighted by Gasteiger charge is -2.00. The van der Waals surface area contributed by atoms with Gasteiger partial charge in [0.2, 0.25) is 15.1 Å². The molecule has 24 nitrogen and oxygen atoms in total. The van der Waals surface area contributed by atoms with Gasteiger partial charge in [-0.2, -0.15) is 30.0 Å². The molecule has 0 bridgehead atoms. The standard InChI is InChI=1S/C13H12BN7OS.C12H9N7S.C7H8BIN4O.C5H4N4S/c1-14(22)16-9-8-21-10(15-9)5-6-12(19-21)23-13-18-17-11-4-2-3-7-20(11)13;13-8-7-19-9(14-8)4-5-11(17-19)20-12-16-15-10-3-1-2-6-18(10)12;1-8(14)11-6-4-13-7(10-6)3-2-5(9)12-13;10-5-8-7-4-2-1-3-6-9(4)5/h2-8,16,22H,1H3;1-7H,13H2;2-4,11,14H,1H3;1-3H,(H,8,10). The van der Waals surface area contributed by atoms with E-state index in [2.05, 4.69) is 99.0 Å². The molecule has 12 aromatic heterocycles. The van der Waals surface area contributed by atoms with E-state index < -0.39 is 14.1 Å². The summed E-state index contributed by atoms with van der Waals surface area (Å²) in [6.07, 6.45) is 10.7. The Kier molecular flexibility index (Phi) is 13.5. The highest BCUT2D eigenvalue weighted by atomic mass is 127. The number of nitrogens with two attached hydrogens (primary N) is 1. The summed E-state index contributed by atoms with van der Waals surface area (Å²) in [6.45, 7) is 3.27. The molecule has 67 heavy (non-hydrogen) atoms. The van der Waals surface area contributed by atoms with Gasteiger partial charge >= 0.3 is 14.1 Å². The number of hydrogen-bond donors (Lipinski definition) is 6. The van der Waals surface area contributed by atoms with Crippen molar-refractivity contribution in [2.75, 3.05) is 16.2 Å². The number of hydrogen-bond acceptors (Lipinski definition) is 20. The van der Waals surface area contributed by atoms with Crippen molar-refractivity contribution in [2.45, 2.75) is 34.0 Å². The molecule has 0 saturated heterocycles. The molecule has 12 heterocycles.